The van der Waals surface area contributed by atoms with Crippen LogP contribution in [0.2, 0.25) is 0 Å². The number of aliphatic hydroxyl groups excluding tert-OH is 1. The van der Waals surface area contributed by atoms with Gasteiger partial charge in [0.05, 0.1) is 0 Å². The summed E-state index contributed by atoms with van der Waals surface area (Å²) >= 11 is 1.87. The second-order valence-electron chi connectivity index (χ2n) is 3.00. The molecule has 0 fully saturated rings. The van der Waals surface area contributed by atoms with E-state index in [1.807, 2.05) is 11.8 Å². The highest BCUT2D eigenvalue weighted by Gasteiger charge is 1.99. The topological polar surface area (TPSA) is 20.2 Å². The zero-order valence-electron chi connectivity index (χ0n) is 7.33. The fraction of sp³-hybridized carbons (Fsp3) is 0.600. The second kappa shape index (κ2) is 6.32. The van der Waals surface area contributed by atoms with Gasteiger partial charge < -0.3 is 5.11 Å². The molecule has 0 bridgehead atoms. The van der Waals surface area contributed by atoms with E-state index in [0.29, 0.717) is 6.61 Å². The number of thioether (sulfide) groups is 1. The molecule has 0 unspecified atom stereocenters. The summed E-state index contributed by atoms with van der Waals surface area (Å²) in [5.74, 6) is 1.16. The molecule has 1 N–H and O–H groups in total. The van der Waals surface area contributed by atoms with Gasteiger partial charge in [-0.05, 0) is 24.7 Å². The smallest absolute Gasteiger partial charge is 0.0431 e. The number of hydrogen-bond donors (Lipinski definition) is 1. The molecule has 1 heterocycles. The first-order valence-corrected chi connectivity index (χ1v) is 5.55. The van der Waals surface area contributed by atoms with E-state index in [0.717, 1.165) is 18.6 Å². The Labute approximate surface area is 78.6 Å². The molecule has 12 heavy (non-hydrogen) atoms. The van der Waals surface area contributed by atoms with Crippen molar-refractivity contribution in [2.75, 3.05) is 12.4 Å². The lowest BCUT2D eigenvalue weighted by molar-refractivity contribution is 0.283. The van der Waals surface area contributed by atoms with E-state index >= 15 is 0 Å². The molecule has 1 nitrogen and oxygen atoms in total. The molecule has 68 valence electrons. The predicted octanol–water partition coefficient (Wildman–Crippen LogP) is 2.73. The summed E-state index contributed by atoms with van der Waals surface area (Å²) in [4.78, 5) is 0. The maximum atomic E-state index is 8.57. The summed E-state index contributed by atoms with van der Waals surface area (Å²) in [6.07, 6.45) is 8.88. The fourth-order valence-corrected chi connectivity index (χ4v) is 1.97. The molecule has 0 saturated heterocycles. The fourth-order valence-electron chi connectivity index (χ4n) is 1.23. The zero-order valence-corrected chi connectivity index (χ0v) is 8.15. The summed E-state index contributed by atoms with van der Waals surface area (Å²) in [6.45, 7) is 0.341. The molecule has 1 aliphatic heterocycles. The minimum absolute atomic E-state index is 0.341. The van der Waals surface area contributed by atoms with Gasteiger partial charge in [0.1, 0.15) is 0 Å². The minimum atomic E-state index is 0.341. The Bertz CT molecular complexity index is 173. The van der Waals surface area contributed by atoms with Crippen LogP contribution in [0.15, 0.2) is 23.1 Å². The van der Waals surface area contributed by atoms with Crippen molar-refractivity contribution in [3.05, 3.63) is 23.1 Å². The van der Waals surface area contributed by atoms with Crippen LogP contribution >= 0.6 is 11.8 Å². The Hall–Kier alpha value is -0.210. The lowest BCUT2D eigenvalue weighted by Gasteiger charge is -2.07. The molecule has 0 amide bonds. The van der Waals surface area contributed by atoms with Crippen LogP contribution < -0.4 is 0 Å². The monoisotopic (exact) mass is 184 g/mol. The average Bonchev–Trinajstić information content (AvgIpc) is 2.14. The van der Waals surface area contributed by atoms with Crippen LogP contribution in [0.25, 0.3) is 0 Å². The first-order valence-electron chi connectivity index (χ1n) is 4.50. The summed E-state index contributed by atoms with van der Waals surface area (Å²) in [5.41, 5.74) is 1.54. The van der Waals surface area contributed by atoms with Crippen molar-refractivity contribution in [1.82, 2.24) is 0 Å². The van der Waals surface area contributed by atoms with E-state index in [4.69, 9.17) is 5.11 Å². The molecule has 2 heteroatoms. The predicted molar refractivity (Wildman–Crippen MR) is 55.2 cm³/mol. The summed E-state index contributed by atoms with van der Waals surface area (Å²) < 4.78 is 0. The van der Waals surface area contributed by atoms with Gasteiger partial charge in [0.2, 0.25) is 0 Å². The Morgan fingerprint density at radius 2 is 2.25 bits per heavy atom. The Morgan fingerprint density at radius 3 is 2.92 bits per heavy atom. The van der Waals surface area contributed by atoms with Crippen LogP contribution in [-0.4, -0.2) is 17.5 Å². The van der Waals surface area contributed by atoms with E-state index in [2.05, 4.69) is 17.6 Å². The number of allylic oxidation sites excluding steroid dienone is 2. The van der Waals surface area contributed by atoms with Crippen LogP contribution in [0.1, 0.15) is 25.7 Å². The molecule has 1 aliphatic rings. The highest BCUT2D eigenvalue weighted by Crippen LogP contribution is 2.19. The van der Waals surface area contributed by atoms with Gasteiger partial charge in [-0.25, -0.2) is 0 Å². The third-order valence-corrected chi connectivity index (χ3v) is 2.82. The van der Waals surface area contributed by atoms with E-state index in [1.54, 1.807) is 5.57 Å². The second-order valence-corrected chi connectivity index (χ2v) is 3.89. The third-order valence-electron chi connectivity index (χ3n) is 1.93. The first-order chi connectivity index (χ1) is 5.93. The molecule has 0 spiro atoms. The maximum absolute atomic E-state index is 8.57. The van der Waals surface area contributed by atoms with Crippen LogP contribution in [0.3, 0.4) is 0 Å². The van der Waals surface area contributed by atoms with Crippen molar-refractivity contribution in [2.45, 2.75) is 25.7 Å². The number of hydrogen-bond acceptors (Lipinski definition) is 2. The maximum Gasteiger partial charge on any atom is 0.0431 e. The van der Waals surface area contributed by atoms with Gasteiger partial charge in [-0.1, -0.05) is 24.1 Å². The standard InChI is InChI=1S/C10H16OS/c11-7-3-1-2-5-10-6-4-8-12-9-10/h4,6,8,11H,1-3,5,7,9H2. The molecule has 1 rings (SSSR count). The molecule has 0 aromatic rings. The van der Waals surface area contributed by atoms with Crippen molar-refractivity contribution in [2.24, 2.45) is 0 Å². The molecule has 0 atom stereocenters. The number of rotatable bonds is 5. The van der Waals surface area contributed by atoms with Crippen molar-refractivity contribution >= 4 is 11.8 Å². The first kappa shape index (κ1) is 9.87. The van der Waals surface area contributed by atoms with Crippen LogP contribution in [0.4, 0.5) is 0 Å². The third kappa shape index (κ3) is 3.98. The van der Waals surface area contributed by atoms with Gasteiger partial charge >= 0.3 is 0 Å². The zero-order chi connectivity index (χ0) is 8.65. The number of unbranched alkanes of at least 4 members (excludes halogenated alkanes) is 2. The Balaban J connectivity index is 2.06. The minimum Gasteiger partial charge on any atom is -0.396 e. The number of aliphatic hydroxyl groups is 1. The molecule has 0 saturated carbocycles. The molecular formula is C10H16OS. The van der Waals surface area contributed by atoms with Crippen molar-refractivity contribution in [3.63, 3.8) is 0 Å². The van der Waals surface area contributed by atoms with Crippen LogP contribution in [0, 0.1) is 0 Å². The molecule has 0 aromatic carbocycles. The largest absolute Gasteiger partial charge is 0.396 e. The van der Waals surface area contributed by atoms with Crippen molar-refractivity contribution in [1.29, 1.82) is 0 Å². The van der Waals surface area contributed by atoms with Crippen LogP contribution in [-0.2, 0) is 0 Å². The van der Waals surface area contributed by atoms with E-state index in [9.17, 15) is 0 Å². The Kier molecular flexibility index (Phi) is 5.20. The van der Waals surface area contributed by atoms with Gasteiger partial charge in [0.15, 0.2) is 0 Å². The van der Waals surface area contributed by atoms with E-state index in [-0.39, 0.29) is 0 Å². The van der Waals surface area contributed by atoms with Crippen LogP contribution in [0.5, 0.6) is 0 Å². The normalized spacial score (nSPS) is 16.2. The van der Waals surface area contributed by atoms with Crippen molar-refractivity contribution < 1.29 is 5.11 Å². The molecule has 0 aromatic heterocycles. The lowest BCUT2D eigenvalue weighted by Crippen LogP contribution is -1.91. The molecule has 0 aliphatic carbocycles. The SMILES string of the molecule is OCCCCCC1=CC=CSC1. The van der Waals surface area contributed by atoms with E-state index < -0.39 is 0 Å². The molecule has 0 radical (unpaired) electrons. The van der Waals surface area contributed by atoms with Crippen molar-refractivity contribution in [3.8, 4) is 0 Å². The summed E-state index contributed by atoms with van der Waals surface area (Å²) in [6, 6.07) is 0. The van der Waals surface area contributed by atoms with Gasteiger partial charge in [-0.15, -0.1) is 11.8 Å². The van der Waals surface area contributed by atoms with E-state index in [1.165, 1.54) is 12.8 Å². The highest BCUT2D eigenvalue weighted by molar-refractivity contribution is 8.02. The average molecular weight is 184 g/mol. The van der Waals surface area contributed by atoms with Gasteiger partial charge in [-0.2, -0.15) is 0 Å². The summed E-state index contributed by atoms with van der Waals surface area (Å²) in [7, 11) is 0. The Morgan fingerprint density at radius 1 is 1.33 bits per heavy atom. The lowest BCUT2D eigenvalue weighted by atomic mass is 10.1. The van der Waals surface area contributed by atoms with Gasteiger partial charge in [-0.3, -0.25) is 0 Å². The summed E-state index contributed by atoms with van der Waals surface area (Å²) in [5, 5.41) is 10.7. The highest BCUT2D eigenvalue weighted by atomic mass is 32.2. The quantitative estimate of drug-likeness (QED) is 0.663. The molecular weight excluding hydrogens is 168 g/mol. The van der Waals surface area contributed by atoms with Gasteiger partial charge in [0, 0.05) is 12.4 Å². The van der Waals surface area contributed by atoms with Gasteiger partial charge in [0.25, 0.3) is 0 Å².